The summed E-state index contributed by atoms with van der Waals surface area (Å²) < 4.78 is 38.1. The molecular formula is C9H7ClF3NO2. The lowest BCUT2D eigenvalue weighted by atomic mass is 10.1. The van der Waals surface area contributed by atoms with Gasteiger partial charge in [-0.1, -0.05) is 0 Å². The van der Waals surface area contributed by atoms with Crippen molar-refractivity contribution in [1.82, 2.24) is 4.98 Å². The number of hydrogen-bond donors (Lipinski definition) is 1. The molecule has 3 nitrogen and oxygen atoms in total. The molecule has 0 saturated heterocycles. The van der Waals surface area contributed by atoms with Crippen LogP contribution >= 0.6 is 11.6 Å². The van der Waals surface area contributed by atoms with Crippen LogP contribution in [0.4, 0.5) is 13.2 Å². The summed E-state index contributed by atoms with van der Waals surface area (Å²) in [6.07, 6.45) is -3.57. The van der Waals surface area contributed by atoms with Gasteiger partial charge < -0.3 is 5.11 Å². The Morgan fingerprint density at radius 3 is 2.62 bits per heavy atom. The summed E-state index contributed by atoms with van der Waals surface area (Å²) in [5.41, 5.74) is -1.33. The van der Waals surface area contributed by atoms with E-state index in [0.29, 0.717) is 6.07 Å². The van der Waals surface area contributed by atoms with Crippen molar-refractivity contribution in [3.05, 3.63) is 28.8 Å². The Labute approximate surface area is 93.9 Å². The van der Waals surface area contributed by atoms with Crippen molar-refractivity contribution >= 4 is 17.6 Å². The highest BCUT2D eigenvalue weighted by molar-refractivity contribution is 6.17. The van der Waals surface area contributed by atoms with Gasteiger partial charge in [-0.25, -0.2) is 13.2 Å². The fraction of sp³-hybridized carbons (Fsp3) is 0.333. The molecule has 1 aromatic rings. The Bertz CT molecular complexity index is 412. The van der Waals surface area contributed by atoms with Crippen LogP contribution < -0.4 is 0 Å². The third-order valence-corrected chi connectivity index (χ3v) is 2.07. The van der Waals surface area contributed by atoms with Gasteiger partial charge in [0, 0.05) is 0 Å². The van der Waals surface area contributed by atoms with Crippen LogP contribution in [0.2, 0.25) is 0 Å². The summed E-state index contributed by atoms with van der Waals surface area (Å²) in [5, 5.41) is 8.46. The minimum atomic E-state index is -3.03. The molecule has 0 atom stereocenters. The van der Waals surface area contributed by atoms with E-state index < -0.39 is 36.1 Å². The van der Waals surface area contributed by atoms with Gasteiger partial charge in [-0.05, 0) is 6.07 Å². The van der Waals surface area contributed by atoms with E-state index in [9.17, 15) is 18.0 Å². The number of hydrogen-bond acceptors (Lipinski definition) is 2. The van der Waals surface area contributed by atoms with Crippen LogP contribution in [0.1, 0.15) is 23.4 Å². The minimum absolute atomic E-state index is 0.134. The molecule has 0 saturated carbocycles. The molecule has 0 fully saturated rings. The highest BCUT2D eigenvalue weighted by Crippen LogP contribution is 2.26. The molecular weight excluding hydrogens is 247 g/mol. The Morgan fingerprint density at radius 2 is 2.19 bits per heavy atom. The molecule has 0 radical (unpaired) electrons. The average molecular weight is 254 g/mol. The first kappa shape index (κ1) is 12.8. The lowest BCUT2D eigenvalue weighted by molar-refractivity contribution is -0.136. The van der Waals surface area contributed by atoms with Crippen LogP contribution in [0.3, 0.4) is 0 Å². The normalized spacial score (nSPS) is 10.8. The number of aliphatic carboxylic acids is 1. The molecule has 0 aliphatic heterocycles. The van der Waals surface area contributed by atoms with Crippen molar-refractivity contribution in [2.75, 3.05) is 0 Å². The lowest BCUT2D eigenvalue weighted by Gasteiger charge is -2.08. The van der Waals surface area contributed by atoms with E-state index in [1.54, 1.807) is 0 Å². The van der Waals surface area contributed by atoms with E-state index in [4.69, 9.17) is 16.7 Å². The number of carbonyl (C=O) groups is 1. The lowest BCUT2D eigenvalue weighted by Crippen LogP contribution is -2.08. The smallest absolute Gasteiger partial charge is 0.309 e. The van der Waals surface area contributed by atoms with E-state index >= 15 is 0 Å². The third kappa shape index (κ3) is 2.85. The second-order valence-corrected chi connectivity index (χ2v) is 3.23. The van der Waals surface area contributed by atoms with E-state index in [-0.39, 0.29) is 11.4 Å². The zero-order valence-electron chi connectivity index (χ0n) is 7.88. The molecule has 0 spiro atoms. The molecule has 0 aromatic carbocycles. The van der Waals surface area contributed by atoms with Gasteiger partial charge in [0.15, 0.2) is 0 Å². The highest BCUT2D eigenvalue weighted by Gasteiger charge is 2.21. The van der Waals surface area contributed by atoms with Crippen LogP contribution in [0, 0.1) is 5.82 Å². The number of carboxylic acids is 1. The Balaban J connectivity index is 3.20. The Kier molecular flexibility index (Phi) is 4.12. The Morgan fingerprint density at radius 1 is 1.56 bits per heavy atom. The first-order chi connectivity index (χ1) is 7.45. The summed E-state index contributed by atoms with van der Waals surface area (Å²) in [6.45, 7) is 0. The average Bonchev–Trinajstić information content (AvgIpc) is 2.14. The molecule has 0 aliphatic rings. The number of rotatable bonds is 4. The fourth-order valence-corrected chi connectivity index (χ4v) is 1.41. The number of nitrogens with zero attached hydrogens (tertiary/aromatic N) is 1. The molecule has 0 aliphatic carbocycles. The zero-order valence-corrected chi connectivity index (χ0v) is 8.64. The van der Waals surface area contributed by atoms with Gasteiger partial charge in [0.1, 0.15) is 5.82 Å². The molecule has 0 unspecified atom stereocenters. The van der Waals surface area contributed by atoms with Crippen molar-refractivity contribution in [1.29, 1.82) is 0 Å². The topological polar surface area (TPSA) is 50.2 Å². The van der Waals surface area contributed by atoms with Crippen molar-refractivity contribution in [2.24, 2.45) is 0 Å². The van der Waals surface area contributed by atoms with Crippen LogP contribution in [0.5, 0.6) is 0 Å². The predicted molar refractivity (Wildman–Crippen MR) is 50.0 cm³/mol. The predicted octanol–water partition coefficient (Wildman–Crippen LogP) is 2.52. The first-order valence-electron chi connectivity index (χ1n) is 4.19. The number of carboxylic acid groups (broad SMARTS) is 1. The number of pyridine rings is 1. The molecule has 88 valence electrons. The molecule has 1 heterocycles. The van der Waals surface area contributed by atoms with E-state index in [1.807, 2.05) is 0 Å². The highest BCUT2D eigenvalue weighted by atomic mass is 35.5. The van der Waals surface area contributed by atoms with E-state index in [0.717, 1.165) is 0 Å². The molecule has 0 bridgehead atoms. The summed E-state index contributed by atoms with van der Waals surface area (Å²) in [5.74, 6) is -2.81. The van der Waals surface area contributed by atoms with Gasteiger partial charge in [0.25, 0.3) is 6.43 Å². The molecule has 7 heteroatoms. The van der Waals surface area contributed by atoms with Crippen molar-refractivity contribution in [2.45, 2.75) is 18.7 Å². The largest absolute Gasteiger partial charge is 0.481 e. The first-order valence-corrected chi connectivity index (χ1v) is 4.73. The number of alkyl halides is 3. The van der Waals surface area contributed by atoms with Gasteiger partial charge in [-0.3, -0.25) is 9.78 Å². The summed E-state index contributed by atoms with van der Waals surface area (Å²) in [6, 6.07) is 0.686. The molecule has 1 N–H and O–H groups in total. The standard InChI is InChI=1S/C9H7ClF3NO2/c10-3-6-8(9(12)13)5(11)1-4(14-6)2-7(15)16/h1,9H,2-3H2,(H,15,16). The summed E-state index contributed by atoms with van der Waals surface area (Å²) in [7, 11) is 0. The van der Waals surface area contributed by atoms with Crippen molar-refractivity contribution in [3.63, 3.8) is 0 Å². The van der Waals surface area contributed by atoms with Crippen LogP contribution in [-0.2, 0) is 17.1 Å². The Hall–Kier alpha value is -1.30. The van der Waals surface area contributed by atoms with Gasteiger partial charge >= 0.3 is 5.97 Å². The maximum atomic E-state index is 13.2. The molecule has 1 rings (SSSR count). The van der Waals surface area contributed by atoms with Gasteiger partial charge in [-0.2, -0.15) is 0 Å². The monoisotopic (exact) mass is 253 g/mol. The van der Waals surface area contributed by atoms with Crippen LogP contribution in [0.15, 0.2) is 6.07 Å². The van der Waals surface area contributed by atoms with Crippen molar-refractivity contribution < 1.29 is 23.1 Å². The van der Waals surface area contributed by atoms with Gasteiger partial charge in [0.2, 0.25) is 0 Å². The maximum Gasteiger partial charge on any atom is 0.309 e. The van der Waals surface area contributed by atoms with Crippen LogP contribution in [-0.4, -0.2) is 16.1 Å². The number of aromatic nitrogens is 1. The SMILES string of the molecule is O=C(O)Cc1cc(F)c(C(F)F)c(CCl)n1. The fourth-order valence-electron chi connectivity index (χ4n) is 1.21. The minimum Gasteiger partial charge on any atom is -0.481 e. The van der Waals surface area contributed by atoms with E-state index in [2.05, 4.69) is 4.98 Å². The second kappa shape index (κ2) is 5.16. The van der Waals surface area contributed by atoms with Crippen molar-refractivity contribution in [3.8, 4) is 0 Å². The quantitative estimate of drug-likeness (QED) is 0.839. The van der Waals surface area contributed by atoms with Gasteiger partial charge in [0.05, 0.1) is 29.3 Å². The maximum absolute atomic E-state index is 13.2. The summed E-state index contributed by atoms with van der Waals surface area (Å²) >= 11 is 5.35. The molecule has 0 amide bonds. The zero-order chi connectivity index (χ0) is 12.3. The van der Waals surface area contributed by atoms with Gasteiger partial charge in [-0.15, -0.1) is 11.6 Å². The molecule has 1 aromatic heterocycles. The van der Waals surface area contributed by atoms with Crippen LogP contribution in [0.25, 0.3) is 0 Å². The molecule has 16 heavy (non-hydrogen) atoms. The van der Waals surface area contributed by atoms with E-state index in [1.165, 1.54) is 0 Å². The number of halogens is 4. The third-order valence-electron chi connectivity index (χ3n) is 1.82. The second-order valence-electron chi connectivity index (χ2n) is 2.96. The summed E-state index contributed by atoms with van der Waals surface area (Å²) in [4.78, 5) is 13.9.